The number of hydrogen-bond acceptors (Lipinski definition) is 11. The number of rotatable bonds is 10. The smallest absolute Gasteiger partial charge is 0.322 e. The number of carbonyl (C=O) groups is 3. The number of para-hydroxylation sites is 1. The Morgan fingerprint density at radius 1 is 0.969 bits per heavy atom. The minimum Gasteiger partial charge on any atom is -0.497 e. The molecule has 9 atom stereocenters. The molecule has 1 amide bonds. The monoisotopic (exact) mass is 883 g/mol. The van der Waals surface area contributed by atoms with Crippen molar-refractivity contribution in [1.29, 1.82) is 0 Å². The number of carbonyl (C=O) groups excluding carboxylic acids is 3. The largest absolute Gasteiger partial charge is 0.497 e. The van der Waals surface area contributed by atoms with Crippen LogP contribution in [-0.2, 0) is 36.4 Å². The number of nitrogens with one attached hydrogen (secondary N) is 2. The van der Waals surface area contributed by atoms with Gasteiger partial charge in [0.2, 0.25) is 0 Å². The van der Waals surface area contributed by atoms with Gasteiger partial charge < -0.3 is 39.3 Å². The molecule has 1 unspecified atom stereocenters. The number of ether oxygens (including phenoxy) is 4. The van der Waals surface area contributed by atoms with Crippen LogP contribution in [0.2, 0.25) is 0 Å². The third-order valence-corrected chi connectivity index (χ3v) is 16.2. The average molecular weight is 884 g/mol. The SMILES string of the molecule is CCC1=C[C@@H]2CN(C1)Cc1c([nH]c3ccccc13)[C@@](C(=O)OC)(c1cc3c(cc1OC)N(C)[C@H]1[C@@](O)(CNC(=O)c4ccc(OC)cc4)[C@H](OC(C)=O)[C@]4(CC)C=CCN5CC[C@]31[C@@H]54)C2. The van der Waals surface area contributed by atoms with Crippen LogP contribution in [0.4, 0.5) is 5.69 Å². The summed E-state index contributed by atoms with van der Waals surface area (Å²) in [6, 6.07) is 18.4. The summed E-state index contributed by atoms with van der Waals surface area (Å²) in [7, 11) is 6.68. The van der Waals surface area contributed by atoms with Crippen molar-refractivity contribution in [3.8, 4) is 11.5 Å². The first kappa shape index (κ1) is 43.3. The van der Waals surface area contributed by atoms with Crippen molar-refractivity contribution in [3.05, 3.63) is 112 Å². The highest BCUT2D eigenvalue weighted by Crippen LogP contribution is 2.68. The highest BCUT2D eigenvalue weighted by molar-refractivity contribution is 5.95. The molecule has 5 aliphatic heterocycles. The minimum atomic E-state index is -1.82. The van der Waals surface area contributed by atoms with E-state index in [2.05, 4.69) is 75.3 Å². The summed E-state index contributed by atoms with van der Waals surface area (Å²) in [6.45, 7) is 9.20. The van der Waals surface area contributed by atoms with Gasteiger partial charge in [-0.2, -0.15) is 0 Å². The van der Waals surface area contributed by atoms with Crippen LogP contribution >= 0.6 is 0 Å². The number of nitrogens with zero attached hydrogens (tertiary/aromatic N) is 3. The third kappa shape index (κ3) is 6.10. The number of aliphatic hydroxyl groups is 1. The average Bonchev–Trinajstić information content (AvgIpc) is 3.97. The fraction of sp³-hybridized carbons (Fsp3) is 0.481. The molecule has 10 rings (SSSR count). The number of fused-ring (bicyclic) bond motifs is 6. The lowest BCUT2D eigenvalue weighted by atomic mass is 9.47. The molecule has 1 spiro atoms. The summed E-state index contributed by atoms with van der Waals surface area (Å²) in [5.41, 5.74) is 2.32. The zero-order valence-corrected chi connectivity index (χ0v) is 38.5. The van der Waals surface area contributed by atoms with Gasteiger partial charge in [-0.25, -0.2) is 0 Å². The molecule has 6 heterocycles. The van der Waals surface area contributed by atoms with E-state index in [1.165, 1.54) is 19.6 Å². The fourth-order valence-corrected chi connectivity index (χ4v) is 13.9. The maximum Gasteiger partial charge on any atom is 0.322 e. The van der Waals surface area contributed by atoms with E-state index in [-0.39, 0.29) is 30.4 Å². The first-order valence-electron chi connectivity index (χ1n) is 23.1. The Bertz CT molecular complexity index is 2640. The van der Waals surface area contributed by atoms with Gasteiger partial charge in [0.15, 0.2) is 0 Å². The van der Waals surface area contributed by atoms with Crippen molar-refractivity contribution in [2.24, 2.45) is 11.3 Å². The molecule has 2 fully saturated rings. The maximum absolute atomic E-state index is 15.4. The van der Waals surface area contributed by atoms with Crippen LogP contribution in [0.25, 0.3) is 10.9 Å². The Balaban J connectivity index is 1.22. The van der Waals surface area contributed by atoms with Crippen LogP contribution in [0.15, 0.2) is 84.5 Å². The van der Waals surface area contributed by atoms with E-state index in [9.17, 15) is 14.7 Å². The first-order valence-corrected chi connectivity index (χ1v) is 23.1. The number of hydrogen-bond donors (Lipinski definition) is 3. The van der Waals surface area contributed by atoms with Crippen molar-refractivity contribution >= 4 is 34.4 Å². The van der Waals surface area contributed by atoms with Crippen molar-refractivity contribution in [1.82, 2.24) is 20.1 Å². The van der Waals surface area contributed by atoms with E-state index in [1.54, 1.807) is 38.5 Å². The summed E-state index contributed by atoms with van der Waals surface area (Å²) in [4.78, 5) is 53.6. The van der Waals surface area contributed by atoms with Crippen molar-refractivity contribution in [2.75, 3.05) is 66.0 Å². The van der Waals surface area contributed by atoms with E-state index < -0.39 is 40.0 Å². The quantitative estimate of drug-likeness (QED) is 0.127. The second-order valence-electron chi connectivity index (χ2n) is 19.3. The zero-order valence-electron chi connectivity index (χ0n) is 38.5. The molecule has 13 nitrogen and oxygen atoms in total. The van der Waals surface area contributed by atoms with Crippen LogP contribution in [0.3, 0.4) is 0 Å². The van der Waals surface area contributed by atoms with E-state index in [4.69, 9.17) is 18.9 Å². The minimum absolute atomic E-state index is 0.0284. The van der Waals surface area contributed by atoms with Crippen molar-refractivity contribution < 1.29 is 38.4 Å². The highest BCUT2D eigenvalue weighted by Gasteiger charge is 2.78. The number of aromatic nitrogens is 1. The zero-order chi connectivity index (χ0) is 45.6. The fourth-order valence-electron chi connectivity index (χ4n) is 13.9. The Morgan fingerprint density at radius 3 is 2.46 bits per heavy atom. The van der Waals surface area contributed by atoms with E-state index >= 15 is 4.79 Å². The molecule has 3 N–H and O–H groups in total. The van der Waals surface area contributed by atoms with Gasteiger partial charge in [0.05, 0.1) is 33.9 Å². The molecule has 13 heteroatoms. The lowest BCUT2D eigenvalue weighted by molar-refractivity contribution is -0.216. The number of esters is 2. The summed E-state index contributed by atoms with van der Waals surface area (Å²) < 4.78 is 24.2. The first-order chi connectivity index (χ1) is 31.3. The molecule has 4 aromatic rings. The third-order valence-electron chi connectivity index (χ3n) is 16.2. The van der Waals surface area contributed by atoms with Gasteiger partial charge in [-0.15, -0.1) is 0 Å². The Labute approximate surface area is 380 Å². The number of anilines is 1. The van der Waals surface area contributed by atoms with E-state index in [0.29, 0.717) is 55.0 Å². The molecular formula is C52H61N5O8. The molecule has 2 bridgehead atoms. The molecular weight excluding hydrogens is 823 g/mol. The van der Waals surface area contributed by atoms with E-state index in [1.807, 2.05) is 25.2 Å². The summed E-state index contributed by atoms with van der Waals surface area (Å²) in [5.74, 6) is -0.0866. The molecule has 0 radical (unpaired) electrons. The van der Waals surface area contributed by atoms with Crippen LogP contribution in [0.1, 0.15) is 79.2 Å². The maximum atomic E-state index is 15.4. The normalized spacial score (nSPS) is 32.0. The second-order valence-corrected chi connectivity index (χ2v) is 19.3. The molecule has 1 saturated heterocycles. The van der Waals surface area contributed by atoms with Crippen LogP contribution in [-0.4, -0.2) is 123 Å². The van der Waals surface area contributed by atoms with Crippen molar-refractivity contribution in [3.63, 3.8) is 0 Å². The highest BCUT2D eigenvalue weighted by atomic mass is 16.6. The van der Waals surface area contributed by atoms with Gasteiger partial charge in [-0.3, -0.25) is 24.2 Å². The number of likely N-dealkylation sites (N-methyl/N-ethyl adjacent to an activating group) is 1. The molecule has 1 aliphatic carbocycles. The Morgan fingerprint density at radius 2 is 1.75 bits per heavy atom. The molecule has 6 aliphatic rings. The molecule has 65 heavy (non-hydrogen) atoms. The van der Waals surface area contributed by atoms with Gasteiger partial charge in [0.25, 0.3) is 5.91 Å². The number of amides is 1. The summed E-state index contributed by atoms with van der Waals surface area (Å²) in [6.07, 6.45) is 8.20. The van der Waals surface area contributed by atoms with Gasteiger partial charge in [-0.05, 0) is 85.7 Å². The topological polar surface area (TPSA) is 146 Å². The number of benzene rings is 3. The lowest BCUT2D eigenvalue weighted by Crippen LogP contribution is -2.81. The van der Waals surface area contributed by atoms with Gasteiger partial charge >= 0.3 is 11.9 Å². The summed E-state index contributed by atoms with van der Waals surface area (Å²) in [5, 5.41) is 18.1. The standard InChI is InChI=1S/C52H61N5O8/c1-8-32-23-33-26-51(48(60)64-7,43-37(29-56(27-32)28-33)36-13-10-11-14-40(36)54-43)39-24-38-41(25-42(39)63-6)55(4)46-50(38)20-22-57-21-12-19-49(9-2,45(50)57)47(65-31(3)58)52(46,61)30-53-44(59)34-15-17-35(62-5)18-16-34/h10-19,23-25,33,45-47,54,61H,8-9,20-22,26-30H2,1-7H3,(H,53,59)/t33-,45-,46+,47+,49+,50+,51-,52-/m0/s1. The van der Waals surface area contributed by atoms with Gasteiger partial charge in [-0.1, -0.05) is 55.8 Å². The van der Waals surface area contributed by atoms with Crippen molar-refractivity contribution in [2.45, 2.75) is 87.6 Å². The predicted octanol–water partition coefficient (Wildman–Crippen LogP) is 6.02. The van der Waals surface area contributed by atoms with Crippen LogP contribution in [0, 0.1) is 11.3 Å². The Kier molecular flexibility index (Phi) is 10.5. The van der Waals surface area contributed by atoms with Gasteiger partial charge in [0.1, 0.15) is 28.6 Å². The molecule has 342 valence electrons. The molecule has 1 saturated carbocycles. The second kappa shape index (κ2) is 15.8. The summed E-state index contributed by atoms with van der Waals surface area (Å²) >= 11 is 0. The Hall–Kier alpha value is -5.63. The van der Waals surface area contributed by atoms with Crippen LogP contribution < -0.4 is 19.7 Å². The van der Waals surface area contributed by atoms with Crippen LogP contribution in [0.5, 0.6) is 11.5 Å². The number of methoxy groups -OCH3 is 3. The number of H-pyrrole nitrogens is 1. The van der Waals surface area contributed by atoms with E-state index in [0.717, 1.165) is 59.5 Å². The van der Waals surface area contributed by atoms with Gasteiger partial charge in [0, 0.05) is 96.5 Å². The molecule has 1 aromatic heterocycles. The number of aromatic amines is 1. The lowest BCUT2D eigenvalue weighted by Gasteiger charge is -2.64. The molecule has 3 aromatic carbocycles. The predicted molar refractivity (Wildman–Crippen MR) is 247 cm³/mol.